The lowest BCUT2D eigenvalue weighted by Crippen LogP contribution is -1.99. The van der Waals surface area contributed by atoms with Crippen LogP contribution in [0.1, 0.15) is 5.56 Å². The molecular formula is C13H9Cl4N. The Morgan fingerprint density at radius 1 is 0.889 bits per heavy atom. The molecule has 2 rings (SSSR count). The number of nitrogens with two attached hydrogens (primary N) is 1. The highest BCUT2D eigenvalue weighted by Gasteiger charge is 2.12. The van der Waals surface area contributed by atoms with E-state index in [-0.39, 0.29) is 0 Å². The van der Waals surface area contributed by atoms with E-state index in [2.05, 4.69) is 0 Å². The van der Waals surface area contributed by atoms with Crippen LogP contribution >= 0.6 is 46.4 Å². The highest BCUT2D eigenvalue weighted by atomic mass is 35.5. The Hall–Kier alpha value is -0.440. The third-order valence-corrected chi connectivity index (χ3v) is 4.10. The van der Waals surface area contributed by atoms with Crippen LogP contribution in [0.2, 0.25) is 20.1 Å². The topological polar surface area (TPSA) is 26.0 Å². The molecule has 0 atom stereocenters. The predicted octanol–water partition coefficient (Wildman–Crippen LogP) is 5.43. The molecule has 0 spiro atoms. The Balaban J connectivity index is 2.69. The summed E-state index contributed by atoms with van der Waals surface area (Å²) in [6.07, 6.45) is 0. The van der Waals surface area contributed by atoms with Crippen LogP contribution in [0.25, 0.3) is 11.1 Å². The molecule has 0 amide bonds. The Morgan fingerprint density at radius 3 is 2.06 bits per heavy atom. The lowest BCUT2D eigenvalue weighted by molar-refractivity contribution is 1.07. The van der Waals surface area contributed by atoms with Crippen molar-refractivity contribution >= 4 is 46.4 Å². The lowest BCUT2D eigenvalue weighted by Gasteiger charge is -2.12. The molecule has 0 aliphatic rings. The van der Waals surface area contributed by atoms with E-state index in [1.54, 1.807) is 18.2 Å². The zero-order valence-corrected chi connectivity index (χ0v) is 12.2. The minimum absolute atomic E-state index is 0.337. The van der Waals surface area contributed by atoms with Gasteiger partial charge in [0.25, 0.3) is 0 Å². The molecule has 0 radical (unpaired) electrons. The molecule has 18 heavy (non-hydrogen) atoms. The molecule has 2 aromatic rings. The lowest BCUT2D eigenvalue weighted by atomic mass is 9.99. The molecule has 0 aliphatic carbocycles. The van der Waals surface area contributed by atoms with E-state index in [1.165, 1.54) is 0 Å². The second-order valence-electron chi connectivity index (χ2n) is 3.73. The predicted molar refractivity (Wildman–Crippen MR) is 79.8 cm³/mol. The summed E-state index contributed by atoms with van der Waals surface area (Å²) in [6, 6.07) is 9.03. The van der Waals surface area contributed by atoms with Crippen LogP contribution in [0.3, 0.4) is 0 Å². The van der Waals surface area contributed by atoms with Gasteiger partial charge in [-0.25, -0.2) is 0 Å². The zero-order chi connectivity index (χ0) is 13.3. The molecule has 0 saturated heterocycles. The van der Waals surface area contributed by atoms with Gasteiger partial charge in [0.1, 0.15) is 0 Å². The van der Waals surface area contributed by atoms with Crippen LogP contribution in [0, 0.1) is 0 Å². The molecule has 0 bridgehead atoms. The smallest absolute Gasteiger partial charge is 0.0778 e. The Morgan fingerprint density at radius 2 is 1.50 bits per heavy atom. The number of halogens is 4. The molecule has 5 heteroatoms. The van der Waals surface area contributed by atoms with Crippen LogP contribution in [0.4, 0.5) is 0 Å². The SMILES string of the molecule is NCc1cccc(Cl)c1-c1cc(Cl)c(Cl)c(Cl)c1. The molecule has 0 aromatic heterocycles. The van der Waals surface area contributed by atoms with Gasteiger partial charge in [0.05, 0.1) is 15.1 Å². The highest BCUT2D eigenvalue weighted by Crippen LogP contribution is 2.38. The van der Waals surface area contributed by atoms with E-state index >= 15 is 0 Å². The van der Waals surface area contributed by atoms with E-state index in [0.717, 1.165) is 16.7 Å². The fourth-order valence-corrected chi connectivity index (χ4v) is 2.66. The van der Waals surface area contributed by atoms with Crippen molar-refractivity contribution in [2.75, 3.05) is 0 Å². The summed E-state index contributed by atoms with van der Waals surface area (Å²) in [7, 11) is 0. The number of hydrogen-bond donors (Lipinski definition) is 1. The minimum Gasteiger partial charge on any atom is -0.326 e. The summed E-state index contributed by atoms with van der Waals surface area (Å²) < 4.78 is 0. The van der Waals surface area contributed by atoms with Gasteiger partial charge in [-0.3, -0.25) is 0 Å². The van der Waals surface area contributed by atoms with Crippen LogP contribution < -0.4 is 5.73 Å². The average molecular weight is 321 g/mol. The summed E-state index contributed by atoms with van der Waals surface area (Å²) in [5.74, 6) is 0. The van der Waals surface area contributed by atoms with Gasteiger partial charge in [-0.1, -0.05) is 58.5 Å². The standard InChI is InChI=1S/C13H9Cl4N/c14-9-3-1-2-7(6-18)12(9)8-4-10(15)13(17)11(16)5-8/h1-5H,6,18H2. The fraction of sp³-hybridized carbons (Fsp3) is 0.0769. The molecule has 0 heterocycles. The minimum atomic E-state index is 0.337. The van der Waals surface area contributed by atoms with Crippen LogP contribution in [-0.2, 0) is 6.54 Å². The molecule has 94 valence electrons. The average Bonchev–Trinajstić information content (AvgIpc) is 2.35. The molecule has 1 nitrogen and oxygen atoms in total. The highest BCUT2D eigenvalue weighted by molar-refractivity contribution is 6.48. The second kappa shape index (κ2) is 5.68. The molecular weight excluding hydrogens is 312 g/mol. The van der Waals surface area contributed by atoms with Gasteiger partial charge < -0.3 is 5.73 Å². The third kappa shape index (κ3) is 2.61. The first-order chi connectivity index (χ1) is 8.54. The van der Waals surface area contributed by atoms with Crippen molar-refractivity contribution in [2.45, 2.75) is 6.54 Å². The van der Waals surface area contributed by atoms with Crippen molar-refractivity contribution in [2.24, 2.45) is 5.73 Å². The van der Waals surface area contributed by atoms with Crippen molar-refractivity contribution in [1.29, 1.82) is 0 Å². The molecule has 0 aliphatic heterocycles. The summed E-state index contributed by atoms with van der Waals surface area (Å²) >= 11 is 24.2. The number of rotatable bonds is 2. The molecule has 0 fully saturated rings. The van der Waals surface area contributed by atoms with Crippen molar-refractivity contribution in [3.05, 3.63) is 56.0 Å². The first-order valence-corrected chi connectivity index (χ1v) is 6.68. The maximum absolute atomic E-state index is 6.21. The molecule has 0 unspecified atom stereocenters. The van der Waals surface area contributed by atoms with E-state index in [0.29, 0.717) is 26.6 Å². The van der Waals surface area contributed by atoms with Gasteiger partial charge in [0.2, 0.25) is 0 Å². The zero-order valence-electron chi connectivity index (χ0n) is 9.18. The molecule has 2 N–H and O–H groups in total. The second-order valence-corrected chi connectivity index (χ2v) is 5.33. The Bertz CT molecular complexity index is 573. The first kappa shape index (κ1) is 14.0. The van der Waals surface area contributed by atoms with Crippen LogP contribution in [-0.4, -0.2) is 0 Å². The van der Waals surface area contributed by atoms with E-state index < -0.39 is 0 Å². The Kier molecular flexibility index (Phi) is 4.41. The maximum Gasteiger partial charge on any atom is 0.0778 e. The van der Waals surface area contributed by atoms with Gasteiger partial charge in [-0.2, -0.15) is 0 Å². The fourth-order valence-electron chi connectivity index (χ4n) is 1.76. The van der Waals surface area contributed by atoms with E-state index in [1.807, 2.05) is 12.1 Å². The summed E-state index contributed by atoms with van der Waals surface area (Å²) in [6.45, 7) is 0.383. The van der Waals surface area contributed by atoms with Crippen LogP contribution in [0.5, 0.6) is 0 Å². The summed E-state index contributed by atoms with van der Waals surface area (Å²) in [4.78, 5) is 0. The third-order valence-electron chi connectivity index (χ3n) is 2.59. The summed E-state index contributed by atoms with van der Waals surface area (Å²) in [5.41, 5.74) is 8.28. The largest absolute Gasteiger partial charge is 0.326 e. The monoisotopic (exact) mass is 319 g/mol. The number of benzene rings is 2. The van der Waals surface area contributed by atoms with Gasteiger partial charge in [-0.05, 0) is 29.3 Å². The van der Waals surface area contributed by atoms with Crippen molar-refractivity contribution in [1.82, 2.24) is 0 Å². The van der Waals surface area contributed by atoms with Crippen molar-refractivity contribution < 1.29 is 0 Å². The van der Waals surface area contributed by atoms with Crippen molar-refractivity contribution in [3.63, 3.8) is 0 Å². The molecule has 0 saturated carbocycles. The van der Waals surface area contributed by atoms with E-state index in [9.17, 15) is 0 Å². The normalized spacial score (nSPS) is 10.7. The van der Waals surface area contributed by atoms with Gasteiger partial charge >= 0.3 is 0 Å². The quantitative estimate of drug-likeness (QED) is 0.734. The molecule has 2 aromatic carbocycles. The van der Waals surface area contributed by atoms with E-state index in [4.69, 9.17) is 52.1 Å². The van der Waals surface area contributed by atoms with Gasteiger partial charge in [0.15, 0.2) is 0 Å². The van der Waals surface area contributed by atoms with Crippen molar-refractivity contribution in [3.8, 4) is 11.1 Å². The van der Waals surface area contributed by atoms with Gasteiger partial charge in [0, 0.05) is 17.1 Å². The maximum atomic E-state index is 6.21. The summed E-state index contributed by atoms with van der Waals surface area (Å²) in [5, 5.41) is 1.72. The Labute approximate surface area is 125 Å². The number of hydrogen-bond acceptors (Lipinski definition) is 1. The first-order valence-electron chi connectivity index (χ1n) is 5.17. The van der Waals surface area contributed by atoms with Gasteiger partial charge in [-0.15, -0.1) is 0 Å². The van der Waals surface area contributed by atoms with Crippen LogP contribution in [0.15, 0.2) is 30.3 Å².